The molecule has 3 aromatic rings. The van der Waals surface area contributed by atoms with Gasteiger partial charge in [-0.05, 0) is 39.0 Å². The highest BCUT2D eigenvalue weighted by Gasteiger charge is 2.06. The number of hydrogen-bond donors (Lipinski definition) is 1. The predicted molar refractivity (Wildman–Crippen MR) is 107 cm³/mol. The molecule has 3 rings (SSSR count). The minimum absolute atomic E-state index is 0.168. The summed E-state index contributed by atoms with van der Waals surface area (Å²) < 4.78 is 11.3. The quantitative estimate of drug-likeness (QED) is 0.608. The lowest BCUT2D eigenvalue weighted by Gasteiger charge is -2.07. The molecule has 0 aliphatic rings. The molecule has 140 valence electrons. The van der Waals surface area contributed by atoms with Crippen molar-refractivity contribution in [3.8, 4) is 5.75 Å². The van der Waals surface area contributed by atoms with Crippen LogP contribution in [0.4, 0.5) is 0 Å². The smallest absolute Gasteiger partial charge is 0.244 e. The fraction of sp³-hybridized carbons (Fsp3) is 0.238. The second-order valence-electron chi connectivity index (χ2n) is 6.17. The van der Waals surface area contributed by atoms with Gasteiger partial charge in [0.25, 0.3) is 0 Å². The van der Waals surface area contributed by atoms with E-state index in [0.717, 1.165) is 33.3 Å². The number of furan rings is 1. The fourth-order valence-electron chi connectivity index (χ4n) is 2.64. The predicted octanol–water partition coefficient (Wildman–Crippen LogP) is 4.57. The Bertz CT molecular complexity index is 956. The third-order valence-electron chi connectivity index (χ3n) is 3.97. The molecule has 0 unspecified atom stereocenters. The molecular formula is C21H22N2O3S. The number of carbonyl (C=O) groups is 1. The maximum Gasteiger partial charge on any atom is 0.244 e. The Morgan fingerprint density at radius 2 is 2.11 bits per heavy atom. The fourth-order valence-corrected chi connectivity index (χ4v) is 3.24. The highest BCUT2D eigenvalue weighted by Crippen LogP contribution is 2.21. The Morgan fingerprint density at radius 3 is 2.81 bits per heavy atom. The molecule has 2 heterocycles. The molecule has 0 saturated heterocycles. The SMILES string of the molecule is Cc1cc(CNC(=O)/C=C/c2ccccc2OCc2csc(C)n2)c(C)o1. The Labute approximate surface area is 162 Å². The van der Waals surface area contributed by atoms with Gasteiger partial charge in [-0.1, -0.05) is 18.2 Å². The van der Waals surface area contributed by atoms with Crippen LogP contribution in [-0.2, 0) is 17.9 Å². The van der Waals surface area contributed by atoms with Crippen LogP contribution in [0, 0.1) is 20.8 Å². The molecule has 0 fully saturated rings. The lowest BCUT2D eigenvalue weighted by atomic mass is 10.2. The minimum Gasteiger partial charge on any atom is -0.487 e. The summed E-state index contributed by atoms with van der Waals surface area (Å²) in [6, 6.07) is 9.55. The maximum absolute atomic E-state index is 12.1. The number of thiazole rings is 1. The molecule has 0 atom stereocenters. The summed E-state index contributed by atoms with van der Waals surface area (Å²) in [7, 11) is 0. The molecule has 0 saturated carbocycles. The number of nitrogens with one attached hydrogen (secondary N) is 1. The molecule has 6 heteroatoms. The van der Waals surface area contributed by atoms with Gasteiger partial charge in [-0.15, -0.1) is 11.3 Å². The molecule has 1 aromatic carbocycles. The van der Waals surface area contributed by atoms with Gasteiger partial charge in [-0.25, -0.2) is 4.98 Å². The van der Waals surface area contributed by atoms with E-state index < -0.39 is 0 Å². The largest absolute Gasteiger partial charge is 0.487 e. The number of ether oxygens (including phenoxy) is 1. The van der Waals surface area contributed by atoms with Gasteiger partial charge in [0, 0.05) is 29.1 Å². The van der Waals surface area contributed by atoms with Crippen LogP contribution in [0.2, 0.25) is 0 Å². The Balaban J connectivity index is 1.59. The van der Waals surface area contributed by atoms with E-state index in [-0.39, 0.29) is 5.91 Å². The zero-order valence-corrected chi connectivity index (χ0v) is 16.4. The molecule has 0 aliphatic carbocycles. The Morgan fingerprint density at radius 1 is 1.30 bits per heavy atom. The van der Waals surface area contributed by atoms with Crippen LogP contribution in [0.15, 0.2) is 46.2 Å². The van der Waals surface area contributed by atoms with E-state index in [9.17, 15) is 4.79 Å². The first-order valence-electron chi connectivity index (χ1n) is 8.66. The maximum atomic E-state index is 12.1. The van der Waals surface area contributed by atoms with Crippen LogP contribution in [0.25, 0.3) is 6.08 Å². The van der Waals surface area contributed by atoms with E-state index in [0.29, 0.717) is 18.9 Å². The van der Waals surface area contributed by atoms with Crippen LogP contribution in [0.5, 0.6) is 5.75 Å². The Kier molecular flexibility index (Phi) is 6.08. The summed E-state index contributed by atoms with van der Waals surface area (Å²) >= 11 is 1.60. The number of benzene rings is 1. The van der Waals surface area contributed by atoms with Crippen LogP contribution >= 0.6 is 11.3 Å². The number of carbonyl (C=O) groups excluding carboxylic acids is 1. The van der Waals surface area contributed by atoms with Crippen molar-refractivity contribution in [2.45, 2.75) is 33.9 Å². The van der Waals surface area contributed by atoms with Crippen molar-refractivity contribution in [1.82, 2.24) is 10.3 Å². The van der Waals surface area contributed by atoms with Crippen LogP contribution in [0.1, 0.15) is 33.3 Å². The summed E-state index contributed by atoms with van der Waals surface area (Å²) in [6.45, 7) is 6.59. The molecule has 5 nitrogen and oxygen atoms in total. The highest BCUT2D eigenvalue weighted by molar-refractivity contribution is 7.09. The number of rotatable bonds is 7. The van der Waals surface area contributed by atoms with Crippen LogP contribution in [-0.4, -0.2) is 10.9 Å². The van der Waals surface area contributed by atoms with Crippen molar-refractivity contribution in [2.75, 3.05) is 0 Å². The molecule has 27 heavy (non-hydrogen) atoms. The third kappa shape index (κ3) is 5.31. The molecule has 0 spiro atoms. The second kappa shape index (κ2) is 8.68. The van der Waals surface area contributed by atoms with E-state index >= 15 is 0 Å². The van der Waals surface area contributed by atoms with Crippen molar-refractivity contribution in [3.05, 3.63) is 75.1 Å². The number of hydrogen-bond acceptors (Lipinski definition) is 5. The van der Waals surface area contributed by atoms with E-state index in [4.69, 9.17) is 9.15 Å². The summed E-state index contributed by atoms with van der Waals surface area (Å²) in [5.74, 6) is 2.22. The van der Waals surface area contributed by atoms with Gasteiger partial charge >= 0.3 is 0 Å². The number of para-hydroxylation sites is 1. The van der Waals surface area contributed by atoms with E-state index in [1.54, 1.807) is 17.4 Å². The molecule has 0 bridgehead atoms. The molecule has 1 amide bonds. The van der Waals surface area contributed by atoms with Gasteiger partial charge in [0.1, 0.15) is 23.9 Å². The number of amides is 1. The first-order valence-corrected chi connectivity index (χ1v) is 9.54. The van der Waals surface area contributed by atoms with Crippen molar-refractivity contribution in [2.24, 2.45) is 0 Å². The standard InChI is InChI=1S/C21H22N2O3S/c1-14-10-18(15(2)26-14)11-22-21(24)9-8-17-6-4-5-7-20(17)25-12-19-13-27-16(3)23-19/h4-10,13H,11-12H2,1-3H3,(H,22,24)/b9-8+. The average Bonchev–Trinajstić information content (AvgIpc) is 3.21. The summed E-state index contributed by atoms with van der Waals surface area (Å²) in [5.41, 5.74) is 2.73. The monoisotopic (exact) mass is 382 g/mol. The zero-order valence-electron chi connectivity index (χ0n) is 15.6. The van der Waals surface area contributed by atoms with E-state index in [1.807, 2.05) is 56.5 Å². The van der Waals surface area contributed by atoms with Crippen molar-refractivity contribution < 1.29 is 13.9 Å². The first-order chi connectivity index (χ1) is 13.0. The third-order valence-corrected chi connectivity index (χ3v) is 4.79. The Hall–Kier alpha value is -2.86. The summed E-state index contributed by atoms with van der Waals surface area (Å²) in [6.07, 6.45) is 3.27. The van der Waals surface area contributed by atoms with E-state index in [2.05, 4.69) is 10.3 Å². The molecular weight excluding hydrogens is 360 g/mol. The van der Waals surface area contributed by atoms with Gasteiger partial charge in [0.2, 0.25) is 5.91 Å². The summed E-state index contributed by atoms with van der Waals surface area (Å²) in [5, 5.41) is 5.87. The van der Waals surface area contributed by atoms with Crippen molar-refractivity contribution in [1.29, 1.82) is 0 Å². The summed E-state index contributed by atoms with van der Waals surface area (Å²) in [4.78, 5) is 16.5. The second-order valence-corrected chi connectivity index (χ2v) is 7.24. The number of aromatic nitrogens is 1. The molecule has 0 radical (unpaired) electrons. The topological polar surface area (TPSA) is 64.4 Å². The molecule has 0 aliphatic heterocycles. The average molecular weight is 382 g/mol. The van der Waals surface area contributed by atoms with Crippen LogP contribution < -0.4 is 10.1 Å². The first kappa shape index (κ1) is 18.9. The normalized spacial score (nSPS) is 11.1. The van der Waals surface area contributed by atoms with Gasteiger partial charge in [-0.3, -0.25) is 4.79 Å². The molecule has 2 aromatic heterocycles. The van der Waals surface area contributed by atoms with Gasteiger partial charge in [0.05, 0.1) is 10.7 Å². The lowest BCUT2D eigenvalue weighted by molar-refractivity contribution is -0.116. The highest BCUT2D eigenvalue weighted by atomic mass is 32.1. The number of aryl methyl sites for hydroxylation is 3. The van der Waals surface area contributed by atoms with Gasteiger partial charge in [0.15, 0.2) is 0 Å². The lowest BCUT2D eigenvalue weighted by Crippen LogP contribution is -2.20. The van der Waals surface area contributed by atoms with E-state index in [1.165, 1.54) is 6.08 Å². The minimum atomic E-state index is -0.168. The van der Waals surface area contributed by atoms with Crippen LogP contribution in [0.3, 0.4) is 0 Å². The zero-order chi connectivity index (χ0) is 19.2. The number of nitrogens with zero attached hydrogens (tertiary/aromatic N) is 1. The van der Waals surface area contributed by atoms with Gasteiger partial charge < -0.3 is 14.5 Å². The van der Waals surface area contributed by atoms with Crippen molar-refractivity contribution in [3.63, 3.8) is 0 Å². The molecule has 1 N–H and O–H groups in total. The van der Waals surface area contributed by atoms with Gasteiger partial charge in [-0.2, -0.15) is 0 Å². The van der Waals surface area contributed by atoms with Crippen molar-refractivity contribution >= 4 is 23.3 Å².